The molecule has 1 aliphatic rings. The lowest BCUT2D eigenvalue weighted by atomic mass is 10.1. The quantitative estimate of drug-likeness (QED) is 0.895. The fourth-order valence-electron chi connectivity index (χ4n) is 2.62. The summed E-state index contributed by atoms with van der Waals surface area (Å²) in [5.74, 6) is 0.328. The van der Waals surface area contributed by atoms with E-state index in [0.717, 1.165) is 42.5 Å². The van der Waals surface area contributed by atoms with Crippen molar-refractivity contribution in [2.24, 2.45) is 0 Å². The first-order chi connectivity index (χ1) is 9.25. The molecule has 1 saturated heterocycles. The average Bonchev–Trinajstić information content (AvgIpc) is 2.78. The number of furan rings is 1. The maximum Gasteiger partial charge on any atom is 0.287 e. The number of amides is 1. The fraction of sp³-hybridized carbons (Fsp3) is 0.400. The molecule has 0 aliphatic carbocycles. The second kappa shape index (κ2) is 6.29. The van der Waals surface area contributed by atoms with Crippen LogP contribution in [0.2, 0.25) is 0 Å². The number of hydrogen-bond acceptors (Lipinski definition) is 3. The summed E-state index contributed by atoms with van der Waals surface area (Å²) in [6.07, 6.45) is 2.13. The number of aryl methyl sites for hydroxylation is 1. The molecule has 1 amide bonds. The van der Waals surface area contributed by atoms with Gasteiger partial charge in [-0.2, -0.15) is 0 Å². The van der Waals surface area contributed by atoms with Crippen LogP contribution >= 0.6 is 12.4 Å². The SMILES string of the molecule is Cc1c(C(=O)NC2CCCNC2)oc2ccccc12.Cl. The monoisotopic (exact) mass is 294 g/mol. The summed E-state index contributed by atoms with van der Waals surface area (Å²) in [7, 11) is 0. The number of para-hydroxylation sites is 1. The summed E-state index contributed by atoms with van der Waals surface area (Å²) in [4.78, 5) is 12.3. The Bertz CT molecular complexity index is 603. The highest BCUT2D eigenvalue weighted by Gasteiger charge is 2.21. The molecule has 1 atom stereocenters. The highest BCUT2D eigenvalue weighted by atomic mass is 35.5. The largest absolute Gasteiger partial charge is 0.451 e. The third kappa shape index (κ3) is 2.81. The van der Waals surface area contributed by atoms with Gasteiger partial charge in [0.05, 0.1) is 0 Å². The second-order valence-corrected chi connectivity index (χ2v) is 5.07. The molecule has 1 fully saturated rings. The van der Waals surface area contributed by atoms with Crippen LogP contribution in [0.4, 0.5) is 0 Å². The molecule has 2 aromatic rings. The molecule has 0 bridgehead atoms. The van der Waals surface area contributed by atoms with Gasteiger partial charge in [0.2, 0.25) is 0 Å². The van der Waals surface area contributed by atoms with Crippen LogP contribution in [-0.2, 0) is 0 Å². The molecule has 1 aliphatic heterocycles. The Morgan fingerprint density at radius 2 is 2.20 bits per heavy atom. The van der Waals surface area contributed by atoms with Gasteiger partial charge in [0.25, 0.3) is 5.91 Å². The fourth-order valence-corrected chi connectivity index (χ4v) is 2.62. The topological polar surface area (TPSA) is 54.3 Å². The van der Waals surface area contributed by atoms with Crippen molar-refractivity contribution >= 4 is 29.3 Å². The minimum Gasteiger partial charge on any atom is -0.451 e. The highest BCUT2D eigenvalue weighted by molar-refractivity contribution is 5.99. The van der Waals surface area contributed by atoms with Crippen molar-refractivity contribution in [3.63, 3.8) is 0 Å². The van der Waals surface area contributed by atoms with Crippen LogP contribution in [0, 0.1) is 6.92 Å². The molecule has 2 N–H and O–H groups in total. The van der Waals surface area contributed by atoms with Crippen molar-refractivity contribution in [3.05, 3.63) is 35.6 Å². The van der Waals surface area contributed by atoms with Crippen molar-refractivity contribution < 1.29 is 9.21 Å². The van der Waals surface area contributed by atoms with Crippen LogP contribution in [0.5, 0.6) is 0 Å². The summed E-state index contributed by atoms with van der Waals surface area (Å²) in [6.45, 7) is 3.81. The number of fused-ring (bicyclic) bond motifs is 1. The van der Waals surface area contributed by atoms with E-state index in [9.17, 15) is 4.79 Å². The van der Waals surface area contributed by atoms with Crippen LogP contribution in [-0.4, -0.2) is 25.0 Å². The first-order valence-electron chi connectivity index (χ1n) is 6.75. The maximum atomic E-state index is 12.3. The summed E-state index contributed by atoms with van der Waals surface area (Å²) in [5, 5.41) is 7.34. The zero-order valence-corrected chi connectivity index (χ0v) is 12.3. The van der Waals surface area contributed by atoms with Gasteiger partial charge in [-0.25, -0.2) is 0 Å². The molecular formula is C15H19ClN2O2. The third-order valence-corrected chi connectivity index (χ3v) is 3.68. The summed E-state index contributed by atoms with van der Waals surface area (Å²) < 4.78 is 5.67. The Morgan fingerprint density at radius 3 is 2.90 bits per heavy atom. The Kier molecular flexibility index (Phi) is 4.68. The standard InChI is InChI=1S/C15H18N2O2.ClH/c1-10-12-6-2-3-7-13(12)19-14(10)15(18)17-11-5-4-8-16-9-11;/h2-3,6-7,11,16H,4-5,8-9H2,1H3,(H,17,18);1H. The van der Waals surface area contributed by atoms with Gasteiger partial charge in [0.1, 0.15) is 5.58 Å². The molecular weight excluding hydrogens is 276 g/mol. The minimum atomic E-state index is -0.109. The van der Waals surface area contributed by atoms with Gasteiger partial charge < -0.3 is 15.1 Å². The van der Waals surface area contributed by atoms with E-state index >= 15 is 0 Å². The number of nitrogens with one attached hydrogen (secondary N) is 2. The van der Waals surface area contributed by atoms with Gasteiger partial charge in [-0.3, -0.25) is 4.79 Å². The first-order valence-corrected chi connectivity index (χ1v) is 6.75. The predicted molar refractivity (Wildman–Crippen MR) is 81.6 cm³/mol. The zero-order chi connectivity index (χ0) is 13.2. The molecule has 108 valence electrons. The van der Waals surface area contributed by atoms with E-state index in [1.54, 1.807) is 0 Å². The van der Waals surface area contributed by atoms with Gasteiger partial charge in [0, 0.05) is 23.5 Å². The molecule has 1 unspecified atom stereocenters. The van der Waals surface area contributed by atoms with Crippen LogP contribution in [0.15, 0.2) is 28.7 Å². The van der Waals surface area contributed by atoms with E-state index in [1.807, 2.05) is 31.2 Å². The normalized spacial score (nSPS) is 18.6. The van der Waals surface area contributed by atoms with E-state index in [1.165, 1.54) is 0 Å². The van der Waals surface area contributed by atoms with E-state index in [4.69, 9.17) is 4.42 Å². The Labute approximate surface area is 124 Å². The lowest BCUT2D eigenvalue weighted by Gasteiger charge is -2.23. The van der Waals surface area contributed by atoms with E-state index in [2.05, 4.69) is 10.6 Å². The summed E-state index contributed by atoms with van der Waals surface area (Å²) >= 11 is 0. The lowest BCUT2D eigenvalue weighted by molar-refractivity contribution is 0.0904. The van der Waals surface area contributed by atoms with Crippen molar-refractivity contribution in [2.75, 3.05) is 13.1 Å². The van der Waals surface area contributed by atoms with Crippen molar-refractivity contribution in [2.45, 2.75) is 25.8 Å². The van der Waals surface area contributed by atoms with Crippen LogP contribution < -0.4 is 10.6 Å². The number of benzene rings is 1. The van der Waals surface area contributed by atoms with Gasteiger partial charge in [-0.1, -0.05) is 18.2 Å². The van der Waals surface area contributed by atoms with Crippen LogP contribution in [0.1, 0.15) is 29.0 Å². The third-order valence-electron chi connectivity index (χ3n) is 3.68. The van der Waals surface area contributed by atoms with Gasteiger partial charge in [-0.05, 0) is 32.4 Å². The molecule has 0 saturated carbocycles. The van der Waals surface area contributed by atoms with Gasteiger partial charge >= 0.3 is 0 Å². The molecule has 4 nitrogen and oxygen atoms in total. The molecule has 0 spiro atoms. The smallest absolute Gasteiger partial charge is 0.287 e. The minimum absolute atomic E-state index is 0. The molecule has 20 heavy (non-hydrogen) atoms. The van der Waals surface area contributed by atoms with Crippen LogP contribution in [0.3, 0.4) is 0 Å². The van der Waals surface area contributed by atoms with E-state index in [-0.39, 0.29) is 24.4 Å². The average molecular weight is 295 g/mol. The first kappa shape index (κ1) is 14.9. The second-order valence-electron chi connectivity index (χ2n) is 5.07. The van der Waals surface area contributed by atoms with Crippen LogP contribution in [0.25, 0.3) is 11.0 Å². The molecule has 2 heterocycles. The van der Waals surface area contributed by atoms with Crippen molar-refractivity contribution in [3.8, 4) is 0 Å². The maximum absolute atomic E-state index is 12.3. The van der Waals surface area contributed by atoms with E-state index < -0.39 is 0 Å². The number of piperidine rings is 1. The van der Waals surface area contributed by atoms with Gasteiger partial charge in [0.15, 0.2) is 5.76 Å². The molecule has 1 aromatic heterocycles. The lowest BCUT2D eigenvalue weighted by Crippen LogP contribution is -2.45. The summed E-state index contributed by atoms with van der Waals surface area (Å²) in [6, 6.07) is 7.94. The molecule has 5 heteroatoms. The zero-order valence-electron chi connectivity index (χ0n) is 11.4. The highest BCUT2D eigenvalue weighted by Crippen LogP contribution is 2.24. The molecule has 1 aromatic carbocycles. The van der Waals surface area contributed by atoms with E-state index in [0.29, 0.717) is 5.76 Å². The van der Waals surface area contributed by atoms with Gasteiger partial charge in [-0.15, -0.1) is 12.4 Å². The number of hydrogen-bond donors (Lipinski definition) is 2. The van der Waals surface area contributed by atoms with Crippen molar-refractivity contribution in [1.82, 2.24) is 10.6 Å². The molecule has 3 rings (SSSR count). The Hall–Kier alpha value is -1.52. The Morgan fingerprint density at radius 1 is 1.40 bits per heavy atom. The Balaban J connectivity index is 0.00000147. The number of rotatable bonds is 2. The summed E-state index contributed by atoms with van der Waals surface area (Å²) in [5.41, 5.74) is 1.68. The molecule has 0 radical (unpaired) electrons. The number of halogens is 1. The predicted octanol–water partition coefficient (Wildman–Crippen LogP) is 2.64. The van der Waals surface area contributed by atoms with Crippen molar-refractivity contribution in [1.29, 1.82) is 0 Å². The number of carbonyl (C=O) groups is 1. The number of carbonyl (C=O) groups excluding carboxylic acids is 1.